The van der Waals surface area contributed by atoms with Gasteiger partial charge < -0.3 is 4.90 Å². The number of hydrogen-bond donors (Lipinski definition) is 1. The van der Waals surface area contributed by atoms with E-state index in [1.165, 1.54) is 25.7 Å². The van der Waals surface area contributed by atoms with Gasteiger partial charge in [0, 0.05) is 13.1 Å². The Hall–Kier alpha value is -0.710. The molecule has 0 saturated heterocycles. The average molecular weight is 270 g/mol. The van der Waals surface area contributed by atoms with E-state index in [1.807, 2.05) is 13.8 Å². The number of amidine groups is 1. The number of thiol groups is 1. The molecule has 1 aliphatic rings. The molecule has 0 bridgehead atoms. The van der Waals surface area contributed by atoms with E-state index in [0.29, 0.717) is 0 Å². The van der Waals surface area contributed by atoms with Crippen molar-refractivity contribution in [2.45, 2.75) is 59.5 Å². The third kappa shape index (κ3) is 4.19. The van der Waals surface area contributed by atoms with E-state index in [-0.39, 0.29) is 6.17 Å². The van der Waals surface area contributed by atoms with Gasteiger partial charge in [-0.3, -0.25) is 4.31 Å². The van der Waals surface area contributed by atoms with Crippen LogP contribution in [0.5, 0.6) is 0 Å². The molecule has 1 unspecified atom stereocenters. The zero-order valence-electron chi connectivity index (χ0n) is 12.1. The molecule has 0 amide bonds. The smallest absolute Gasteiger partial charge is 0.224 e. The predicted molar refractivity (Wildman–Crippen MR) is 82.2 cm³/mol. The molecule has 0 aliphatic carbocycles. The third-order valence-corrected chi connectivity index (χ3v) is 3.72. The molecule has 0 saturated carbocycles. The van der Waals surface area contributed by atoms with Gasteiger partial charge in [0.25, 0.3) is 0 Å². The van der Waals surface area contributed by atoms with Gasteiger partial charge in [-0.25, -0.2) is 4.99 Å². The van der Waals surface area contributed by atoms with E-state index in [2.05, 4.69) is 41.5 Å². The summed E-state index contributed by atoms with van der Waals surface area (Å²) in [6, 6.07) is 0. The maximum absolute atomic E-state index is 4.62. The second kappa shape index (κ2) is 7.67. The molecule has 0 N–H and O–H groups in total. The van der Waals surface area contributed by atoms with Crippen LogP contribution >= 0.6 is 12.8 Å². The van der Waals surface area contributed by atoms with Crippen molar-refractivity contribution in [1.29, 1.82) is 0 Å². The van der Waals surface area contributed by atoms with E-state index in [9.17, 15) is 0 Å². The highest BCUT2D eigenvalue weighted by Gasteiger charge is 2.20. The van der Waals surface area contributed by atoms with E-state index < -0.39 is 0 Å². The fraction of sp³-hybridized carbons (Fsp3) is 0.846. The molecule has 1 heterocycles. The van der Waals surface area contributed by atoms with Crippen LogP contribution in [0.4, 0.5) is 0 Å². The highest BCUT2D eigenvalue weighted by Crippen LogP contribution is 2.14. The first-order valence-corrected chi connectivity index (χ1v) is 7.36. The van der Waals surface area contributed by atoms with Crippen molar-refractivity contribution in [2.24, 2.45) is 9.98 Å². The van der Waals surface area contributed by atoms with E-state index in [1.54, 1.807) is 4.31 Å². The Bertz CT molecular complexity index is 306. The van der Waals surface area contributed by atoms with Crippen LogP contribution in [-0.2, 0) is 0 Å². The van der Waals surface area contributed by atoms with Crippen LogP contribution in [0.25, 0.3) is 0 Å². The Kier molecular flexibility index (Phi) is 6.54. The summed E-state index contributed by atoms with van der Waals surface area (Å²) in [6.07, 6.45) is 4.85. The lowest BCUT2D eigenvalue weighted by molar-refractivity contribution is 0.382. The van der Waals surface area contributed by atoms with Crippen LogP contribution in [-0.4, -0.2) is 40.3 Å². The molecule has 1 aliphatic heterocycles. The minimum atomic E-state index is 0.0617. The van der Waals surface area contributed by atoms with Gasteiger partial charge in [-0.1, -0.05) is 39.5 Å². The van der Waals surface area contributed by atoms with Crippen molar-refractivity contribution in [1.82, 2.24) is 9.21 Å². The normalized spacial score (nSPS) is 19.6. The Morgan fingerprint density at radius 2 is 1.78 bits per heavy atom. The Morgan fingerprint density at radius 3 is 2.22 bits per heavy atom. The summed E-state index contributed by atoms with van der Waals surface area (Å²) < 4.78 is 1.81. The van der Waals surface area contributed by atoms with Crippen LogP contribution in [0, 0.1) is 0 Å². The lowest BCUT2D eigenvalue weighted by Gasteiger charge is -2.31. The topological polar surface area (TPSA) is 31.2 Å². The van der Waals surface area contributed by atoms with E-state index in [4.69, 9.17) is 0 Å². The van der Waals surface area contributed by atoms with Gasteiger partial charge in [0.15, 0.2) is 0 Å². The third-order valence-electron chi connectivity index (χ3n) is 3.10. The van der Waals surface area contributed by atoms with Crippen molar-refractivity contribution in [3.05, 3.63) is 0 Å². The van der Waals surface area contributed by atoms with Crippen molar-refractivity contribution in [3.8, 4) is 0 Å². The molecular formula is C13H26N4S. The molecule has 0 aromatic carbocycles. The summed E-state index contributed by atoms with van der Waals surface area (Å²) in [5, 5.41) is 0. The van der Waals surface area contributed by atoms with Crippen molar-refractivity contribution in [2.75, 3.05) is 13.1 Å². The number of unbranched alkanes of at least 4 members (excludes halogenated alkanes) is 2. The molecule has 0 aromatic heterocycles. The molecule has 4 nitrogen and oxygen atoms in total. The number of rotatable bonds is 6. The summed E-state index contributed by atoms with van der Waals surface area (Å²) >= 11 is 4.38. The maximum Gasteiger partial charge on any atom is 0.224 e. The van der Waals surface area contributed by atoms with Gasteiger partial charge in [-0.2, -0.15) is 4.99 Å². The predicted octanol–water partition coefficient (Wildman–Crippen LogP) is 3.17. The van der Waals surface area contributed by atoms with Crippen molar-refractivity contribution >= 4 is 24.6 Å². The molecule has 0 aromatic rings. The number of hydrogen-bond acceptors (Lipinski definition) is 5. The number of aliphatic imine (C=N–C) groups is 2. The standard InChI is InChI=1S/C13H26N4S/c1-5-7-9-16(10-8-6-2)13-14-11(3)17(18)12(4)15-13/h11,18H,5-10H2,1-4H3. The first-order valence-electron chi connectivity index (χ1n) is 6.96. The summed E-state index contributed by atoms with van der Waals surface area (Å²) in [5.41, 5.74) is 0. The second-order valence-electron chi connectivity index (χ2n) is 4.76. The van der Waals surface area contributed by atoms with E-state index >= 15 is 0 Å². The summed E-state index contributed by atoms with van der Waals surface area (Å²) in [6.45, 7) is 10.6. The molecular weight excluding hydrogens is 244 g/mol. The Labute approximate surface area is 117 Å². The van der Waals surface area contributed by atoms with Crippen molar-refractivity contribution in [3.63, 3.8) is 0 Å². The Morgan fingerprint density at radius 1 is 1.22 bits per heavy atom. The van der Waals surface area contributed by atoms with Gasteiger partial charge in [0.1, 0.15) is 12.0 Å². The molecule has 0 spiro atoms. The molecule has 104 valence electrons. The van der Waals surface area contributed by atoms with Crippen LogP contribution in [0.15, 0.2) is 9.98 Å². The molecule has 1 atom stereocenters. The van der Waals surface area contributed by atoms with Crippen LogP contribution < -0.4 is 0 Å². The fourth-order valence-corrected chi connectivity index (χ4v) is 1.98. The molecule has 0 fully saturated rings. The van der Waals surface area contributed by atoms with Gasteiger partial charge in [-0.15, -0.1) is 0 Å². The number of nitrogens with zero attached hydrogens (tertiary/aromatic N) is 4. The molecule has 1 rings (SSSR count). The van der Waals surface area contributed by atoms with Crippen LogP contribution in [0.3, 0.4) is 0 Å². The molecule has 18 heavy (non-hydrogen) atoms. The van der Waals surface area contributed by atoms with Gasteiger partial charge in [0.05, 0.1) is 0 Å². The first-order chi connectivity index (χ1) is 8.60. The van der Waals surface area contributed by atoms with Crippen molar-refractivity contribution < 1.29 is 0 Å². The fourth-order valence-electron chi connectivity index (χ4n) is 1.88. The zero-order valence-corrected chi connectivity index (χ0v) is 13.0. The quantitative estimate of drug-likeness (QED) is 0.752. The minimum absolute atomic E-state index is 0.0617. The summed E-state index contributed by atoms with van der Waals surface area (Å²) in [5.74, 6) is 1.81. The zero-order chi connectivity index (χ0) is 13.5. The summed E-state index contributed by atoms with van der Waals surface area (Å²) in [4.78, 5) is 11.5. The lowest BCUT2D eigenvalue weighted by atomic mass is 10.2. The first kappa shape index (κ1) is 15.3. The average Bonchev–Trinajstić information content (AvgIpc) is 2.35. The van der Waals surface area contributed by atoms with Crippen LogP contribution in [0.1, 0.15) is 53.4 Å². The van der Waals surface area contributed by atoms with Gasteiger partial charge in [0.2, 0.25) is 5.96 Å². The second-order valence-corrected chi connectivity index (χ2v) is 5.19. The number of guanidine groups is 1. The minimum Gasteiger partial charge on any atom is -0.341 e. The Balaban J connectivity index is 2.74. The lowest BCUT2D eigenvalue weighted by Crippen LogP contribution is -2.40. The van der Waals surface area contributed by atoms with Gasteiger partial charge >= 0.3 is 0 Å². The largest absolute Gasteiger partial charge is 0.341 e. The highest BCUT2D eigenvalue weighted by molar-refractivity contribution is 7.78. The molecule has 0 radical (unpaired) electrons. The van der Waals surface area contributed by atoms with Crippen LogP contribution in [0.2, 0.25) is 0 Å². The highest BCUT2D eigenvalue weighted by atomic mass is 32.1. The SMILES string of the molecule is CCCCN(CCCC)C1=NC(C)N(S)C(C)=N1. The maximum atomic E-state index is 4.62. The monoisotopic (exact) mass is 270 g/mol. The molecule has 5 heteroatoms. The summed E-state index contributed by atoms with van der Waals surface area (Å²) in [7, 11) is 0. The van der Waals surface area contributed by atoms with Gasteiger partial charge in [-0.05, 0) is 26.7 Å². The van der Waals surface area contributed by atoms with E-state index in [0.717, 1.165) is 24.9 Å².